The van der Waals surface area contributed by atoms with E-state index < -0.39 is 0 Å². The summed E-state index contributed by atoms with van der Waals surface area (Å²) >= 11 is 6.22. The van der Waals surface area contributed by atoms with Gasteiger partial charge in [0.25, 0.3) is 0 Å². The number of rotatable bonds is 3. The Labute approximate surface area is 184 Å². The molecule has 0 radical (unpaired) electrons. The Balaban J connectivity index is 1.67. The molecule has 1 aliphatic heterocycles. The quantitative estimate of drug-likeness (QED) is 0.622. The Morgan fingerprint density at radius 3 is 2.68 bits per heavy atom. The molecule has 0 spiro atoms. The van der Waals surface area contributed by atoms with Crippen molar-refractivity contribution in [2.45, 2.75) is 32.5 Å². The first-order valence-electron chi connectivity index (χ1n) is 10.0. The van der Waals surface area contributed by atoms with Crippen molar-refractivity contribution in [1.82, 2.24) is 19.4 Å². The Bertz CT molecular complexity index is 1250. The molecule has 7 nitrogen and oxygen atoms in total. The third-order valence-electron chi connectivity index (χ3n) is 5.83. The molecular weight excluding hydrogens is 419 g/mol. The highest BCUT2D eigenvalue weighted by Crippen LogP contribution is 2.28. The summed E-state index contributed by atoms with van der Waals surface area (Å²) in [5, 5.41) is 9.69. The first kappa shape index (κ1) is 21.2. The van der Waals surface area contributed by atoms with Crippen LogP contribution < -0.4 is 10.6 Å². The number of nitrogens with zero attached hydrogens (tertiary/aromatic N) is 6. The molecule has 3 heterocycles. The van der Waals surface area contributed by atoms with E-state index in [2.05, 4.69) is 39.7 Å². The normalized spacial score (nSPS) is 19.5. The highest BCUT2D eigenvalue weighted by atomic mass is 35.5. The predicted molar refractivity (Wildman–Crippen MR) is 118 cm³/mol. The lowest BCUT2D eigenvalue weighted by atomic mass is 10.1. The Morgan fingerprint density at radius 2 is 1.97 bits per heavy atom. The first-order valence-corrected chi connectivity index (χ1v) is 10.4. The minimum absolute atomic E-state index is 0.0331. The molecule has 1 aromatic carbocycles. The molecule has 1 aliphatic rings. The summed E-state index contributed by atoms with van der Waals surface area (Å²) < 4.78 is 14.8. The molecule has 0 amide bonds. The van der Waals surface area contributed by atoms with Gasteiger partial charge < -0.3 is 4.90 Å². The summed E-state index contributed by atoms with van der Waals surface area (Å²) in [5.74, 6) is 0.141. The smallest absolute Gasteiger partial charge is 0.349 e. The average molecular weight is 441 g/mol. The lowest BCUT2D eigenvalue weighted by Gasteiger charge is -2.45. The number of nitriles is 1. The van der Waals surface area contributed by atoms with Crippen LogP contribution in [0.25, 0.3) is 11.0 Å². The van der Waals surface area contributed by atoms with Crippen molar-refractivity contribution >= 4 is 28.5 Å². The zero-order valence-corrected chi connectivity index (χ0v) is 18.3. The van der Waals surface area contributed by atoms with Crippen molar-refractivity contribution in [2.24, 2.45) is 7.05 Å². The van der Waals surface area contributed by atoms with Crippen LogP contribution >= 0.6 is 11.6 Å². The molecule has 0 saturated carbocycles. The van der Waals surface area contributed by atoms with Gasteiger partial charge in [-0.3, -0.25) is 9.47 Å². The molecule has 160 valence electrons. The van der Waals surface area contributed by atoms with E-state index in [0.29, 0.717) is 41.5 Å². The van der Waals surface area contributed by atoms with Crippen molar-refractivity contribution in [3.8, 4) is 6.07 Å². The zero-order valence-electron chi connectivity index (χ0n) is 17.5. The van der Waals surface area contributed by atoms with Gasteiger partial charge in [0, 0.05) is 43.8 Å². The molecule has 1 saturated heterocycles. The fourth-order valence-corrected chi connectivity index (χ4v) is 4.28. The molecule has 2 aromatic heterocycles. The number of piperazine rings is 1. The number of hydrogen-bond donors (Lipinski definition) is 0. The second-order valence-corrected chi connectivity index (χ2v) is 8.38. The van der Waals surface area contributed by atoms with Gasteiger partial charge in [-0.1, -0.05) is 17.7 Å². The maximum atomic E-state index is 13.4. The number of anilines is 1. The van der Waals surface area contributed by atoms with Crippen LogP contribution in [0.1, 0.15) is 25.1 Å². The van der Waals surface area contributed by atoms with E-state index >= 15 is 0 Å². The Hall–Kier alpha value is -3.02. The van der Waals surface area contributed by atoms with Crippen molar-refractivity contribution < 1.29 is 4.39 Å². The summed E-state index contributed by atoms with van der Waals surface area (Å²) in [4.78, 5) is 25.6. The Morgan fingerprint density at radius 1 is 1.19 bits per heavy atom. The van der Waals surface area contributed by atoms with Crippen molar-refractivity contribution in [3.63, 3.8) is 0 Å². The topological polar surface area (TPSA) is 78.0 Å². The summed E-state index contributed by atoms with van der Waals surface area (Å²) in [6.07, 6.45) is 0. The van der Waals surface area contributed by atoms with Crippen LogP contribution in [0.15, 0.2) is 35.1 Å². The third kappa shape index (κ3) is 3.99. The lowest BCUT2D eigenvalue weighted by molar-refractivity contribution is 0.157. The summed E-state index contributed by atoms with van der Waals surface area (Å²) in [6, 6.07) is 10.00. The maximum Gasteiger partial charge on any atom is 0.349 e. The van der Waals surface area contributed by atoms with Gasteiger partial charge in [0.05, 0.1) is 5.52 Å². The van der Waals surface area contributed by atoms with E-state index in [0.717, 1.165) is 5.56 Å². The van der Waals surface area contributed by atoms with Gasteiger partial charge in [0.1, 0.15) is 23.1 Å². The van der Waals surface area contributed by atoms with Crippen LogP contribution in [0.2, 0.25) is 5.02 Å². The minimum atomic E-state index is -0.366. The highest BCUT2D eigenvalue weighted by molar-refractivity contribution is 6.31. The summed E-state index contributed by atoms with van der Waals surface area (Å²) in [5.41, 5.74) is 1.95. The van der Waals surface area contributed by atoms with E-state index in [1.54, 1.807) is 25.2 Å². The molecule has 0 unspecified atom stereocenters. The van der Waals surface area contributed by atoms with Gasteiger partial charge >= 0.3 is 5.69 Å². The van der Waals surface area contributed by atoms with Crippen LogP contribution in [-0.2, 0) is 13.6 Å². The zero-order chi connectivity index (χ0) is 22.3. The van der Waals surface area contributed by atoms with E-state index in [9.17, 15) is 14.4 Å². The molecule has 0 bridgehead atoms. The molecule has 31 heavy (non-hydrogen) atoms. The summed E-state index contributed by atoms with van der Waals surface area (Å²) in [7, 11) is 1.64. The average Bonchev–Trinajstić information content (AvgIpc) is 2.74. The van der Waals surface area contributed by atoms with Gasteiger partial charge in [-0.2, -0.15) is 10.2 Å². The standard InChI is InChI=1S/C22H22ClFN6O/c1-13-11-30(14(2)10-29(13)12-15-4-5-16(24)8-18(15)23)21-20-19(28(3)22(31)27-21)7-6-17(9-25)26-20/h4-8,13-14H,10-12H2,1-3H3/t13-,14+/m1/s1. The van der Waals surface area contributed by atoms with Gasteiger partial charge in [0.15, 0.2) is 5.82 Å². The van der Waals surface area contributed by atoms with E-state index in [1.165, 1.54) is 16.7 Å². The number of benzene rings is 1. The highest BCUT2D eigenvalue weighted by Gasteiger charge is 2.32. The number of aryl methyl sites for hydroxylation is 1. The van der Waals surface area contributed by atoms with Crippen LogP contribution in [0.4, 0.5) is 10.2 Å². The van der Waals surface area contributed by atoms with Crippen molar-refractivity contribution in [1.29, 1.82) is 5.26 Å². The van der Waals surface area contributed by atoms with E-state index in [-0.39, 0.29) is 29.3 Å². The van der Waals surface area contributed by atoms with E-state index in [1.807, 2.05) is 0 Å². The lowest BCUT2D eigenvalue weighted by Crippen LogP contribution is -2.56. The van der Waals surface area contributed by atoms with Gasteiger partial charge in [-0.15, -0.1) is 0 Å². The number of hydrogen-bond acceptors (Lipinski definition) is 6. The molecule has 4 rings (SSSR count). The summed E-state index contributed by atoms with van der Waals surface area (Å²) in [6.45, 7) is 6.07. The fourth-order valence-electron chi connectivity index (χ4n) is 4.05. The fraction of sp³-hybridized carbons (Fsp3) is 0.364. The van der Waals surface area contributed by atoms with Crippen LogP contribution in [0.3, 0.4) is 0 Å². The Kier molecular flexibility index (Phi) is 5.65. The van der Waals surface area contributed by atoms with Gasteiger partial charge in [0.2, 0.25) is 0 Å². The monoisotopic (exact) mass is 440 g/mol. The second-order valence-electron chi connectivity index (χ2n) is 7.97. The number of halogens is 2. The van der Waals surface area contributed by atoms with E-state index in [4.69, 9.17) is 11.6 Å². The molecular formula is C22H22ClFN6O. The van der Waals surface area contributed by atoms with Crippen LogP contribution in [-0.4, -0.2) is 44.6 Å². The molecule has 1 fully saturated rings. The maximum absolute atomic E-state index is 13.4. The molecule has 0 aliphatic carbocycles. The van der Waals surface area contributed by atoms with Gasteiger partial charge in [-0.05, 0) is 43.7 Å². The van der Waals surface area contributed by atoms with Crippen molar-refractivity contribution in [2.75, 3.05) is 18.0 Å². The molecule has 9 heteroatoms. The minimum Gasteiger partial charge on any atom is -0.349 e. The first-order chi connectivity index (χ1) is 14.8. The SMILES string of the molecule is C[C@@H]1CN(c2nc(=O)n(C)c3ccc(C#N)nc23)[C@@H](C)CN1Cc1ccc(F)cc1Cl. The van der Waals surface area contributed by atoms with Crippen LogP contribution in [0.5, 0.6) is 0 Å². The van der Waals surface area contributed by atoms with Gasteiger partial charge in [-0.25, -0.2) is 14.2 Å². The second kappa shape index (κ2) is 8.25. The predicted octanol–water partition coefficient (Wildman–Crippen LogP) is 3.09. The third-order valence-corrected chi connectivity index (χ3v) is 6.18. The molecule has 3 aromatic rings. The largest absolute Gasteiger partial charge is 0.349 e. The van der Waals surface area contributed by atoms with Crippen molar-refractivity contribution in [3.05, 3.63) is 62.9 Å². The number of pyridine rings is 1. The molecule has 0 N–H and O–H groups in total. The number of fused-ring (bicyclic) bond motifs is 1. The van der Waals surface area contributed by atoms with Crippen LogP contribution in [0, 0.1) is 17.1 Å². The molecule has 2 atom stereocenters. The number of aromatic nitrogens is 3.